The van der Waals surface area contributed by atoms with Crippen molar-refractivity contribution in [1.82, 2.24) is 9.47 Å². The van der Waals surface area contributed by atoms with Crippen LogP contribution in [0.5, 0.6) is 0 Å². The number of anilines is 1. The number of amides is 2. The lowest BCUT2D eigenvalue weighted by Crippen LogP contribution is -2.47. The Morgan fingerprint density at radius 3 is 2.41 bits per heavy atom. The number of carbonyl (C=O) groups is 2. The van der Waals surface area contributed by atoms with Crippen LogP contribution in [0.25, 0.3) is 5.69 Å². The third-order valence-electron chi connectivity index (χ3n) is 7.12. The number of benzene rings is 3. The third kappa shape index (κ3) is 4.44. The minimum absolute atomic E-state index is 0.0688. The summed E-state index contributed by atoms with van der Waals surface area (Å²) in [6, 6.07) is 20.5. The predicted molar refractivity (Wildman–Crippen MR) is 144 cm³/mol. The molecule has 0 radical (unpaired) electrons. The van der Waals surface area contributed by atoms with Gasteiger partial charge < -0.3 is 9.47 Å². The van der Waals surface area contributed by atoms with E-state index in [1.54, 1.807) is 17.0 Å². The van der Waals surface area contributed by atoms with Gasteiger partial charge in [0, 0.05) is 23.9 Å². The van der Waals surface area contributed by atoms with E-state index < -0.39 is 16.9 Å². The SMILES string of the molecule is O=C(c1ccc(Cl)c([N+](=O)[O-])c1)N(CC(=O)N1c2ccccc2-n2cccc2C1c1ccc(F)cc1)C1CC1. The van der Waals surface area contributed by atoms with Crippen molar-refractivity contribution < 1.29 is 18.9 Å². The van der Waals surface area contributed by atoms with Crippen molar-refractivity contribution in [1.29, 1.82) is 0 Å². The first-order valence-electron chi connectivity index (χ1n) is 12.4. The van der Waals surface area contributed by atoms with E-state index in [1.165, 1.54) is 29.2 Å². The van der Waals surface area contributed by atoms with E-state index in [0.717, 1.165) is 35.9 Å². The molecule has 39 heavy (non-hydrogen) atoms. The van der Waals surface area contributed by atoms with Gasteiger partial charge in [-0.1, -0.05) is 35.9 Å². The molecule has 1 aromatic heterocycles. The van der Waals surface area contributed by atoms with Gasteiger partial charge in [-0.15, -0.1) is 0 Å². The van der Waals surface area contributed by atoms with Gasteiger partial charge in [0.15, 0.2) is 0 Å². The van der Waals surface area contributed by atoms with Crippen molar-refractivity contribution in [2.45, 2.75) is 24.9 Å². The van der Waals surface area contributed by atoms with E-state index in [2.05, 4.69) is 0 Å². The number of halogens is 2. The minimum Gasteiger partial charge on any atom is -0.326 e. The van der Waals surface area contributed by atoms with Crippen LogP contribution in [0.2, 0.25) is 5.02 Å². The molecule has 8 nitrogen and oxygen atoms in total. The Morgan fingerprint density at radius 1 is 1.00 bits per heavy atom. The Labute approximate surface area is 228 Å². The molecule has 1 saturated carbocycles. The molecule has 0 spiro atoms. The average molecular weight is 545 g/mol. The molecule has 10 heteroatoms. The number of nitro benzene ring substituents is 1. The fraction of sp³-hybridized carbons (Fsp3) is 0.172. The lowest BCUT2D eigenvalue weighted by molar-refractivity contribution is -0.384. The van der Waals surface area contributed by atoms with Crippen LogP contribution in [-0.4, -0.2) is 38.8 Å². The van der Waals surface area contributed by atoms with Crippen LogP contribution in [0, 0.1) is 15.9 Å². The number of fused-ring (bicyclic) bond motifs is 3. The van der Waals surface area contributed by atoms with E-state index in [0.29, 0.717) is 5.69 Å². The maximum Gasteiger partial charge on any atom is 0.288 e. The summed E-state index contributed by atoms with van der Waals surface area (Å²) in [6.45, 7) is -0.230. The summed E-state index contributed by atoms with van der Waals surface area (Å²) >= 11 is 5.95. The normalized spacial score (nSPS) is 15.8. The molecule has 1 fully saturated rings. The molecule has 3 aromatic carbocycles. The maximum absolute atomic E-state index is 14.2. The quantitative estimate of drug-likeness (QED) is 0.223. The second-order valence-corrected chi connectivity index (χ2v) is 10.0. The highest BCUT2D eigenvalue weighted by Crippen LogP contribution is 2.42. The van der Waals surface area contributed by atoms with Crippen molar-refractivity contribution in [3.63, 3.8) is 0 Å². The third-order valence-corrected chi connectivity index (χ3v) is 7.44. The van der Waals surface area contributed by atoms with Crippen molar-refractivity contribution in [2.24, 2.45) is 0 Å². The van der Waals surface area contributed by atoms with E-state index in [9.17, 15) is 24.1 Å². The van der Waals surface area contributed by atoms with Gasteiger partial charge in [0.05, 0.1) is 22.0 Å². The largest absolute Gasteiger partial charge is 0.326 e. The van der Waals surface area contributed by atoms with E-state index in [-0.39, 0.29) is 40.6 Å². The highest BCUT2D eigenvalue weighted by molar-refractivity contribution is 6.32. The zero-order chi connectivity index (χ0) is 27.3. The number of carbonyl (C=O) groups excluding carboxylic acids is 2. The topological polar surface area (TPSA) is 88.7 Å². The van der Waals surface area contributed by atoms with Gasteiger partial charge in [0.2, 0.25) is 5.91 Å². The highest BCUT2D eigenvalue weighted by atomic mass is 35.5. The number of para-hydroxylation sites is 2. The lowest BCUT2D eigenvalue weighted by atomic mass is 9.97. The highest BCUT2D eigenvalue weighted by Gasteiger charge is 2.40. The number of hydrogen-bond donors (Lipinski definition) is 0. The fourth-order valence-corrected chi connectivity index (χ4v) is 5.34. The van der Waals surface area contributed by atoms with Crippen LogP contribution in [0.1, 0.15) is 40.5 Å². The fourth-order valence-electron chi connectivity index (χ4n) is 5.15. The summed E-state index contributed by atoms with van der Waals surface area (Å²) in [6.07, 6.45) is 3.38. The minimum atomic E-state index is -0.640. The second-order valence-electron chi connectivity index (χ2n) is 9.60. The van der Waals surface area contributed by atoms with Crippen LogP contribution in [-0.2, 0) is 4.79 Å². The molecule has 2 amide bonds. The molecule has 1 unspecified atom stereocenters. The van der Waals surface area contributed by atoms with E-state index >= 15 is 0 Å². The summed E-state index contributed by atoms with van der Waals surface area (Å²) < 4.78 is 15.8. The van der Waals surface area contributed by atoms with Gasteiger partial charge in [0.1, 0.15) is 23.4 Å². The van der Waals surface area contributed by atoms with Crippen molar-refractivity contribution in [2.75, 3.05) is 11.4 Å². The summed E-state index contributed by atoms with van der Waals surface area (Å²) in [5.74, 6) is -1.18. The molecule has 0 saturated heterocycles. The summed E-state index contributed by atoms with van der Waals surface area (Å²) in [7, 11) is 0. The maximum atomic E-state index is 14.2. The van der Waals surface area contributed by atoms with E-state index in [4.69, 9.17) is 11.6 Å². The first-order valence-corrected chi connectivity index (χ1v) is 12.8. The summed E-state index contributed by atoms with van der Waals surface area (Å²) in [4.78, 5) is 41.6. The molecule has 0 N–H and O–H groups in total. The molecule has 2 heterocycles. The molecule has 1 atom stereocenters. The van der Waals surface area contributed by atoms with Crippen LogP contribution in [0.15, 0.2) is 85.1 Å². The first kappa shape index (κ1) is 24.8. The number of hydrogen-bond acceptors (Lipinski definition) is 4. The monoisotopic (exact) mass is 544 g/mol. The van der Waals surface area contributed by atoms with Crippen molar-refractivity contribution in [3.05, 3.63) is 123 Å². The predicted octanol–water partition coefficient (Wildman–Crippen LogP) is 5.92. The Morgan fingerprint density at radius 2 is 1.72 bits per heavy atom. The van der Waals surface area contributed by atoms with Crippen LogP contribution in [0.4, 0.5) is 15.8 Å². The average Bonchev–Trinajstić information content (AvgIpc) is 3.66. The van der Waals surface area contributed by atoms with Gasteiger partial charge in [-0.25, -0.2) is 4.39 Å². The summed E-state index contributed by atoms with van der Waals surface area (Å²) in [5.41, 5.74) is 2.73. The zero-order valence-corrected chi connectivity index (χ0v) is 21.3. The standard InChI is InChI=1S/C29H22ClFN4O4/c30-22-14-9-19(16-26(22)35(38)39)29(37)33(21-12-13-21)17-27(36)34-24-5-2-1-4-23(24)32-15-3-6-25(32)28(34)18-7-10-20(31)11-8-18/h1-11,14-16,21,28H,12-13,17H2. The molecular formula is C29H22ClFN4O4. The van der Waals surface area contributed by atoms with Crippen molar-refractivity contribution in [3.8, 4) is 5.69 Å². The molecule has 196 valence electrons. The van der Waals surface area contributed by atoms with Crippen LogP contribution < -0.4 is 4.90 Å². The lowest BCUT2D eigenvalue weighted by Gasteiger charge is -2.39. The summed E-state index contributed by atoms with van der Waals surface area (Å²) in [5, 5.41) is 11.3. The Balaban J connectivity index is 1.39. The Kier molecular flexibility index (Phi) is 6.15. The molecule has 1 aliphatic heterocycles. The second kappa shape index (κ2) is 9.67. The van der Waals surface area contributed by atoms with Gasteiger partial charge >= 0.3 is 0 Å². The van der Waals surface area contributed by atoms with Gasteiger partial charge in [-0.05, 0) is 66.9 Å². The number of rotatable bonds is 6. The van der Waals surface area contributed by atoms with Crippen LogP contribution >= 0.6 is 11.6 Å². The Bertz CT molecular complexity index is 1620. The van der Waals surface area contributed by atoms with Gasteiger partial charge in [-0.3, -0.25) is 24.6 Å². The number of aromatic nitrogens is 1. The van der Waals surface area contributed by atoms with Gasteiger partial charge in [0.25, 0.3) is 11.6 Å². The van der Waals surface area contributed by atoms with Crippen molar-refractivity contribution >= 4 is 34.8 Å². The first-order chi connectivity index (χ1) is 18.8. The molecule has 1 aliphatic carbocycles. The van der Waals surface area contributed by atoms with Gasteiger partial charge in [-0.2, -0.15) is 0 Å². The zero-order valence-electron chi connectivity index (χ0n) is 20.5. The molecule has 4 aromatic rings. The molecule has 2 aliphatic rings. The molecular weight excluding hydrogens is 523 g/mol. The smallest absolute Gasteiger partial charge is 0.288 e. The molecule has 6 rings (SSSR count). The number of nitro groups is 1. The molecule has 0 bridgehead atoms. The van der Waals surface area contributed by atoms with E-state index in [1.807, 2.05) is 47.2 Å². The number of nitrogens with zero attached hydrogens (tertiary/aromatic N) is 4. The van der Waals surface area contributed by atoms with Crippen LogP contribution in [0.3, 0.4) is 0 Å². The Hall–Kier alpha value is -4.50.